The van der Waals surface area contributed by atoms with E-state index in [4.69, 9.17) is 11.5 Å². The van der Waals surface area contributed by atoms with Crippen LogP contribution in [0.15, 0.2) is 58.4 Å². The Morgan fingerprint density at radius 3 is 2.62 bits per heavy atom. The number of nitrogens with zero attached hydrogens (tertiary/aromatic N) is 1. The summed E-state index contributed by atoms with van der Waals surface area (Å²) in [5.74, 6) is 0.911. The van der Waals surface area contributed by atoms with Gasteiger partial charge in [0.05, 0.1) is 11.4 Å². The molecule has 0 bridgehead atoms. The minimum atomic E-state index is -4.18. The normalized spacial score (nSPS) is 13.9. The molecule has 3 rings (SSSR count). The third-order valence-corrected chi connectivity index (χ3v) is 5.85. The number of aliphatic imine (C=N–C) groups is 1. The Hall–Kier alpha value is -3.88. The number of anilines is 2. The highest BCUT2D eigenvalue weighted by Gasteiger charge is 2.25. The van der Waals surface area contributed by atoms with Gasteiger partial charge in [-0.15, -0.1) is 12.3 Å². The Morgan fingerprint density at radius 2 is 1.94 bits per heavy atom. The molecule has 1 heterocycles. The molecule has 0 radical (unpaired) electrons. The van der Waals surface area contributed by atoms with Crippen molar-refractivity contribution in [1.82, 2.24) is 10.0 Å². The third kappa shape index (κ3) is 5.84. The van der Waals surface area contributed by atoms with Crippen LogP contribution >= 0.6 is 0 Å². The molecule has 1 amide bonds. The molecule has 0 saturated carbocycles. The van der Waals surface area contributed by atoms with Crippen LogP contribution in [0.5, 0.6) is 0 Å². The average molecular weight is 455 g/mol. The first-order chi connectivity index (χ1) is 15.3. The monoisotopic (exact) mass is 455 g/mol. The van der Waals surface area contributed by atoms with Crippen molar-refractivity contribution in [2.75, 3.05) is 23.7 Å². The molecular weight excluding hydrogens is 434 g/mol. The molecule has 0 aliphatic carbocycles. The summed E-state index contributed by atoms with van der Waals surface area (Å²) >= 11 is 0. The number of amides is 1. The van der Waals surface area contributed by atoms with Gasteiger partial charge in [0.15, 0.2) is 5.96 Å². The molecule has 5 N–H and O–H groups in total. The van der Waals surface area contributed by atoms with Crippen molar-refractivity contribution >= 4 is 39.2 Å². The second kappa shape index (κ2) is 9.95. The number of rotatable bonds is 8. The predicted molar refractivity (Wildman–Crippen MR) is 120 cm³/mol. The summed E-state index contributed by atoms with van der Waals surface area (Å²) in [4.78, 5) is 27.9. The molecule has 32 heavy (non-hydrogen) atoms. The molecule has 0 fully saturated rings. The van der Waals surface area contributed by atoms with Gasteiger partial charge in [0.25, 0.3) is 5.91 Å². The largest absolute Gasteiger partial charge is 0.480 e. The molecule has 0 spiro atoms. The maximum absolute atomic E-state index is 12.7. The quantitative estimate of drug-likeness (QED) is 0.374. The molecule has 1 atom stereocenters. The Kier molecular flexibility index (Phi) is 7.09. The van der Waals surface area contributed by atoms with Gasteiger partial charge in [-0.2, -0.15) is 4.72 Å². The van der Waals surface area contributed by atoms with E-state index in [9.17, 15) is 18.0 Å². The number of aliphatic carboxylic acids is 1. The van der Waals surface area contributed by atoms with Gasteiger partial charge in [0, 0.05) is 29.9 Å². The second-order valence-corrected chi connectivity index (χ2v) is 8.48. The Bertz CT molecular complexity index is 1200. The standard InChI is InChI=1S/C21H21N5O5S/c1-2-5-18(20(28)29)26-32(30,31)17-9-4-8-16(13-17)24-19(27)14-6-3-7-15(12-14)25-21-22-10-11-23-21/h1,3-4,6-9,12-13,18,26H,5,10-11H2,(H,24,27)(H,28,29)(H2,22,23,25). The van der Waals surface area contributed by atoms with E-state index in [2.05, 4.69) is 31.6 Å². The molecule has 0 saturated heterocycles. The van der Waals surface area contributed by atoms with Crippen LogP contribution in [-0.4, -0.2) is 50.5 Å². The highest BCUT2D eigenvalue weighted by Crippen LogP contribution is 2.18. The summed E-state index contributed by atoms with van der Waals surface area (Å²) in [6.07, 6.45) is 4.80. The van der Waals surface area contributed by atoms with Crippen LogP contribution in [0.3, 0.4) is 0 Å². The molecule has 0 aromatic heterocycles. The number of carbonyl (C=O) groups excluding carboxylic acids is 1. The van der Waals surface area contributed by atoms with Crippen LogP contribution in [0.4, 0.5) is 11.4 Å². The van der Waals surface area contributed by atoms with Crippen LogP contribution in [0.25, 0.3) is 0 Å². The van der Waals surface area contributed by atoms with Crippen molar-refractivity contribution in [1.29, 1.82) is 0 Å². The molecule has 2 aromatic rings. The Balaban J connectivity index is 1.73. The lowest BCUT2D eigenvalue weighted by molar-refractivity contribution is -0.138. The maximum atomic E-state index is 12.7. The molecule has 1 aliphatic heterocycles. The zero-order valence-corrected chi connectivity index (χ0v) is 17.6. The van der Waals surface area contributed by atoms with E-state index in [0.717, 1.165) is 6.54 Å². The number of sulfonamides is 1. The number of benzene rings is 2. The number of guanidine groups is 1. The van der Waals surface area contributed by atoms with Crippen LogP contribution in [0.1, 0.15) is 16.8 Å². The summed E-state index contributed by atoms with van der Waals surface area (Å²) in [6.45, 7) is 1.42. The van der Waals surface area contributed by atoms with E-state index in [1.54, 1.807) is 24.3 Å². The third-order valence-electron chi connectivity index (χ3n) is 4.38. The fourth-order valence-electron chi connectivity index (χ4n) is 2.85. The lowest BCUT2D eigenvalue weighted by Crippen LogP contribution is -2.40. The van der Waals surface area contributed by atoms with E-state index in [-0.39, 0.29) is 17.0 Å². The number of hydrogen-bond acceptors (Lipinski definition) is 7. The molecule has 11 heteroatoms. The minimum Gasteiger partial charge on any atom is -0.480 e. The van der Waals surface area contributed by atoms with Gasteiger partial charge in [0.1, 0.15) is 6.04 Å². The fraction of sp³-hybridized carbons (Fsp3) is 0.190. The van der Waals surface area contributed by atoms with Crippen molar-refractivity contribution < 1.29 is 23.1 Å². The first kappa shape index (κ1) is 22.8. The van der Waals surface area contributed by atoms with Crippen molar-refractivity contribution in [2.45, 2.75) is 17.4 Å². The average Bonchev–Trinajstić information content (AvgIpc) is 3.26. The zero-order chi connectivity index (χ0) is 23.1. The number of nitrogens with one attached hydrogen (secondary N) is 4. The first-order valence-electron chi connectivity index (χ1n) is 9.54. The van der Waals surface area contributed by atoms with Crippen molar-refractivity contribution in [3.8, 4) is 12.3 Å². The van der Waals surface area contributed by atoms with Gasteiger partial charge >= 0.3 is 5.97 Å². The van der Waals surface area contributed by atoms with Gasteiger partial charge in [-0.05, 0) is 36.4 Å². The molecular formula is C21H21N5O5S. The SMILES string of the molecule is C#CCC(NS(=O)(=O)c1cccc(NC(=O)c2cccc(NC3=NCCN3)c2)c1)C(=O)O. The van der Waals surface area contributed by atoms with Crippen molar-refractivity contribution in [3.63, 3.8) is 0 Å². The van der Waals surface area contributed by atoms with Gasteiger partial charge in [-0.3, -0.25) is 14.6 Å². The lowest BCUT2D eigenvalue weighted by Gasteiger charge is -2.13. The van der Waals surface area contributed by atoms with E-state index in [0.29, 0.717) is 23.8 Å². The van der Waals surface area contributed by atoms with Crippen molar-refractivity contribution in [3.05, 3.63) is 54.1 Å². The van der Waals surface area contributed by atoms with Crippen LogP contribution in [0.2, 0.25) is 0 Å². The summed E-state index contributed by atoms with van der Waals surface area (Å²) in [7, 11) is -4.18. The summed E-state index contributed by atoms with van der Waals surface area (Å²) in [6, 6.07) is 10.7. The molecule has 10 nitrogen and oxygen atoms in total. The number of terminal acetylenes is 1. The summed E-state index contributed by atoms with van der Waals surface area (Å²) in [5, 5.41) is 17.9. The highest BCUT2D eigenvalue weighted by molar-refractivity contribution is 7.89. The number of carbonyl (C=O) groups is 2. The van der Waals surface area contributed by atoms with Crippen LogP contribution < -0.4 is 20.7 Å². The highest BCUT2D eigenvalue weighted by atomic mass is 32.2. The van der Waals surface area contributed by atoms with Crippen LogP contribution in [-0.2, 0) is 14.8 Å². The topological polar surface area (TPSA) is 149 Å². The van der Waals surface area contributed by atoms with E-state index >= 15 is 0 Å². The second-order valence-electron chi connectivity index (χ2n) is 6.77. The fourth-order valence-corrected chi connectivity index (χ4v) is 4.09. The molecule has 1 unspecified atom stereocenters. The van der Waals surface area contributed by atoms with E-state index in [1.807, 2.05) is 0 Å². The first-order valence-corrected chi connectivity index (χ1v) is 11.0. The minimum absolute atomic E-state index is 0.209. The van der Waals surface area contributed by atoms with Gasteiger partial charge in [-0.1, -0.05) is 12.1 Å². The molecule has 1 aliphatic rings. The predicted octanol–water partition coefficient (Wildman–Crippen LogP) is 1.06. The van der Waals surface area contributed by atoms with E-state index < -0.39 is 27.9 Å². The van der Waals surface area contributed by atoms with Gasteiger partial charge in [-0.25, -0.2) is 8.42 Å². The molecule has 2 aromatic carbocycles. The van der Waals surface area contributed by atoms with Crippen molar-refractivity contribution in [2.24, 2.45) is 4.99 Å². The van der Waals surface area contributed by atoms with E-state index in [1.165, 1.54) is 24.3 Å². The Morgan fingerprint density at radius 1 is 1.19 bits per heavy atom. The number of carboxylic acid groups (broad SMARTS) is 1. The Labute approximate surface area is 185 Å². The maximum Gasteiger partial charge on any atom is 0.322 e. The lowest BCUT2D eigenvalue weighted by atomic mass is 10.2. The zero-order valence-electron chi connectivity index (χ0n) is 16.8. The number of carboxylic acids is 1. The molecule has 166 valence electrons. The van der Waals surface area contributed by atoms with Gasteiger partial charge < -0.3 is 21.1 Å². The summed E-state index contributed by atoms with van der Waals surface area (Å²) < 4.78 is 27.2. The van der Waals surface area contributed by atoms with Crippen LogP contribution in [0, 0.1) is 12.3 Å². The smallest absolute Gasteiger partial charge is 0.322 e. The summed E-state index contributed by atoms with van der Waals surface area (Å²) in [5.41, 5.74) is 1.24. The number of hydrogen-bond donors (Lipinski definition) is 5. The van der Waals surface area contributed by atoms with Gasteiger partial charge in [0.2, 0.25) is 10.0 Å².